The van der Waals surface area contributed by atoms with Crippen LogP contribution in [0.1, 0.15) is 89.4 Å². The Kier molecular flexibility index (Phi) is 14.3. The Hall–Kier alpha value is -5.07. The van der Waals surface area contributed by atoms with Gasteiger partial charge in [-0.3, -0.25) is 33.6 Å². The van der Waals surface area contributed by atoms with E-state index in [1.54, 1.807) is 60.7 Å². The van der Waals surface area contributed by atoms with E-state index in [1.807, 2.05) is 0 Å². The van der Waals surface area contributed by atoms with Gasteiger partial charge in [-0.1, -0.05) is 48.5 Å². The summed E-state index contributed by atoms with van der Waals surface area (Å²) in [5.41, 5.74) is 14.5. The fourth-order valence-electron chi connectivity index (χ4n) is 5.55. The first-order valence-electron chi connectivity index (χ1n) is 16.0. The number of hydrogen-bond acceptors (Lipinski definition) is 9. The zero-order valence-corrected chi connectivity index (χ0v) is 30.9. The SMILES string of the molecule is Nc1cccc2c1C(=O)c1cccc(N)c1C2=O.O=C(CCCl)Nc1cccc2c1C(=O)c1cccc(NC(=O)CCCl)c1C2=O.O=C(Cl)CCCCl. The van der Waals surface area contributed by atoms with Crippen molar-refractivity contribution in [1.29, 1.82) is 0 Å². The molecular weight excluding hydrogens is 766 g/mol. The Morgan fingerprint density at radius 1 is 0.491 bits per heavy atom. The Morgan fingerprint density at radius 2 is 0.830 bits per heavy atom. The number of ketones is 4. The molecule has 274 valence electrons. The topological polar surface area (TPSA) is 196 Å². The first-order valence-corrected chi connectivity index (χ1v) is 18.0. The Bertz CT molecular complexity index is 2000. The summed E-state index contributed by atoms with van der Waals surface area (Å²) < 4.78 is 0. The molecule has 0 aromatic heterocycles. The predicted octanol–water partition coefficient (Wildman–Crippen LogP) is 6.99. The highest BCUT2D eigenvalue weighted by atomic mass is 35.5. The maximum atomic E-state index is 13.1. The predicted molar refractivity (Wildman–Crippen MR) is 207 cm³/mol. The van der Waals surface area contributed by atoms with Crippen LogP contribution in [-0.2, 0) is 14.4 Å². The summed E-state index contributed by atoms with van der Waals surface area (Å²) in [5.74, 6) is -1.20. The van der Waals surface area contributed by atoms with Gasteiger partial charge in [0.15, 0.2) is 23.1 Å². The molecule has 0 atom stereocenters. The zero-order valence-electron chi connectivity index (χ0n) is 27.9. The summed E-state index contributed by atoms with van der Waals surface area (Å²) in [6.07, 6.45) is 1.25. The number of nitrogens with two attached hydrogens (primary N) is 2. The average molecular weight is 799 g/mol. The van der Waals surface area contributed by atoms with Crippen LogP contribution in [0.4, 0.5) is 22.7 Å². The molecule has 11 nitrogen and oxygen atoms in total. The summed E-state index contributed by atoms with van der Waals surface area (Å²) in [6, 6.07) is 19.1. The molecule has 0 aliphatic heterocycles. The molecule has 53 heavy (non-hydrogen) atoms. The lowest BCUT2D eigenvalue weighted by molar-refractivity contribution is -0.116. The number of alkyl halides is 3. The molecule has 0 fully saturated rings. The van der Waals surface area contributed by atoms with Crippen LogP contribution in [0, 0.1) is 0 Å². The van der Waals surface area contributed by atoms with Crippen LogP contribution < -0.4 is 22.1 Å². The van der Waals surface area contributed by atoms with E-state index >= 15 is 0 Å². The lowest BCUT2D eigenvalue weighted by Gasteiger charge is -2.22. The van der Waals surface area contributed by atoms with Crippen molar-refractivity contribution in [3.05, 3.63) is 117 Å². The second-order valence-corrected chi connectivity index (χ2v) is 13.0. The van der Waals surface area contributed by atoms with Crippen LogP contribution in [0.5, 0.6) is 0 Å². The fraction of sp³-hybridized carbons (Fsp3) is 0.184. The normalized spacial score (nSPS) is 12.1. The molecule has 2 aliphatic rings. The Balaban J connectivity index is 0.000000213. The summed E-state index contributed by atoms with van der Waals surface area (Å²) in [4.78, 5) is 84.7. The highest BCUT2D eigenvalue weighted by Gasteiger charge is 2.34. The van der Waals surface area contributed by atoms with E-state index in [0.29, 0.717) is 41.2 Å². The molecule has 6 N–H and O–H groups in total. The van der Waals surface area contributed by atoms with Gasteiger partial charge in [0.2, 0.25) is 17.1 Å². The van der Waals surface area contributed by atoms with Crippen molar-refractivity contribution in [2.24, 2.45) is 0 Å². The van der Waals surface area contributed by atoms with Gasteiger partial charge in [-0.2, -0.15) is 0 Å². The van der Waals surface area contributed by atoms with Crippen LogP contribution in [0.2, 0.25) is 0 Å². The molecular formula is C38H32Cl4N4O7. The number of anilines is 4. The van der Waals surface area contributed by atoms with Crippen molar-refractivity contribution in [1.82, 2.24) is 0 Å². The van der Waals surface area contributed by atoms with Crippen LogP contribution >= 0.6 is 46.4 Å². The van der Waals surface area contributed by atoms with Crippen molar-refractivity contribution < 1.29 is 33.6 Å². The van der Waals surface area contributed by atoms with Crippen molar-refractivity contribution in [3.8, 4) is 0 Å². The van der Waals surface area contributed by atoms with Gasteiger partial charge in [0.25, 0.3) is 0 Å². The van der Waals surface area contributed by atoms with Gasteiger partial charge in [-0.25, -0.2) is 0 Å². The van der Waals surface area contributed by atoms with Gasteiger partial charge in [-0.15, -0.1) is 34.8 Å². The lowest BCUT2D eigenvalue weighted by atomic mass is 9.82. The smallest absolute Gasteiger partial charge is 0.225 e. The highest BCUT2D eigenvalue weighted by molar-refractivity contribution is 6.63. The highest BCUT2D eigenvalue weighted by Crippen LogP contribution is 2.36. The maximum Gasteiger partial charge on any atom is 0.225 e. The second kappa shape index (κ2) is 18.6. The first-order chi connectivity index (χ1) is 25.4. The van der Waals surface area contributed by atoms with E-state index in [2.05, 4.69) is 10.6 Å². The number of fused-ring (bicyclic) bond motifs is 4. The Morgan fingerprint density at radius 3 is 1.15 bits per heavy atom. The standard InChI is InChI=1S/C20H16Cl2N2O4.C14H10N2O2.C4H6Cl2O/c21-9-7-15(25)23-13-5-1-3-11-17(13)20(28)12-4-2-6-14(18(12)19(11)27)24-16(26)8-10-22;15-9-5-1-3-7-11(9)14(18)8-4-2-6-10(16)12(8)13(7)17;5-3-1-2-4(6)7/h1-6H,7-10H2,(H,23,25)(H,24,26);1-6H,15-16H2;1-3H2. The summed E-state index contributed by atoms with van der Waals surface area (Å²) in [5, 5.41) is 4.97. The molecule has 2 amide bonds. The van der Waals surface area contributed by atoms with Gasteiger partial charge < -0.3 is 22.1 Å². The molecule has 4 aromatic carbocycles. The number of carbonyl (C=O) groups is 7. The number of benzene rings is 4. The van der Waals surface area contributed by atoms with E-state index in [9.17, 15) is 33.6 Å². The summed E-state index contributed by atoms with van der Waals surface area (Å²) in [6.45, 7) is 0. The van der Waals surface area contributed by atoms with E-state index < -0.39 is 11.6 Å². The number of nitrogens with one attached hydrogen (secondary N) is 2. The molecule has 0 saturated carbocycles. The van der Waals surface area contributed by atoms with Gasteiger partial charge in [0.1, 0.15) is 0 Å². The van der Waals surface area contributed by atoms with Crippen molar-refractivity contribution in [2.75, 3.05) is 39.7 Å². The monoisotopic (exact) mass is 796 g/mol. The molecule has 6 rings (SSSR count). The number of halogens is 4. The summed E-state index contributed by atoms with van der Waals surface area (Å²) in [7, 11) is 0. The third-order valence-electron chi connectivity index (χ3n) is 7.91. The van der Waals surface area contributed by atoms with E-state index in [0.717, 1.165) is 0 Å². The minimum absolute atomic E-state index is 0.0840. The van der Waals surface area contributed by atoms with Gasteiger partial charge in [-0.05, 0) is 42.3 Å². The molecule has 0 heterocycles. The zero-order chi connectivity index (χ0) is 38.8. The number of rotatable bonds is 9. The van der Waals surface area contributed by atoms with Crippen LogP contribution in [0.3, 0.4) is 0 Å². The van der Waals surface area contributed by atoms with E-state index in [-0.39, 0.29) is 98.0 Å². The van der Waals surface area contributed by atoms with Gasteiger partial charge in [0, 0.05) is 70.5 Å². The molecule has 0 bridgehead atoms. The molecule has 0 unspecified atom stereocenters. The van der Waals surface area contributed by atoms with E-state index in [1.165, 1.54) is 12.1 Å². The molecule has 0 spiro atoms. The largest absolute Gasteiger partial charge is 0.398 e. The van der Waals surface area contributed by atoms with Crippen LogP contribution in [-0.4, -0.2) is 57.8 Å². The minimum Gasteiger partial charge on any atom is -0.398 e. The van der Waals surface area contributed by atoms with Gasteiger partial charge in [0.05, 0.1) is 33.6 Å². The molecule has 0 saturated heterocycles. The number of nitrogen functional groups attached to an aromatic ring is 2. The third-order valence-corrected chi connectivity index (χ3v) is 8.74. The first kappa shape index (κ1) is 40.7. The third kappa shape index (κ3) is 9.30. The number of amides is 2. The summed E-state index contributed by atoms with van der Waals surface area (Å²) >= 11 is 21.4. The Labute approximate surface area is 324 Å². The number of hydrogen-bond donors (Lipinski definition) is 4. The quantitative estimate of drug-likeness (QED) is 0.0677. The van der Waals surface area contributed by atoms with Crippen LogP contribution in [0.15, 0.2) is 72.8 Å². The van der Waals surface area contributed by atoms with E-state index in [4.69, 9.17) is 57.9 Å². The van der Waals surface area contributed by atoms with Crippen LogP contribution in [0.25, 0.3) is 0 Å². The molecule has 15 heteroatoms. The van der Waals surface area contributed by atoms with Crippen molar-refractivity contribution in [2.45, 2.75) is 25.7 Å². The van der Waals surface area contributed by atoms with Crippen molar-refractivity contribution >= 4 is 109 Å². The van der Waals surface area contributed by atoms with Crippen molar-refractivity contribution in [3.63, 3.8) is 0 Å². The van der Waals surface area contributed by atoms with Gasteiger partial charge >= 0.3 is 0 Å². The minimum atomic E-state index is -0.403. The second-order valence-electron chi connectivity index (χ2n) is 11.4. The molecule has 0 radical (unpaired) electrons. The lowest BCUT2D eigenvalue weighted by Crippen LogP contribution is -2.26. The molecule has 4 aromatic rings. The number of carbonyl (C=O) groups excluding carboxylic acids is 7. The molecule has 2 aliphatic carbocycles. The average Bonchev–Trinajstić information content (AvgIpc) is 3.12. The fourth-order valence-corrected chi connectivity index (χ4v) is 6.16. The maximum absolute atomic E-state index is 13.1.